The lowest BCUT2D eigenvalue weighted by atomic mass is 9.99. The van der Waals surface area contributed by atoms with Crippen LogP contribution in [0.5, 0.6) is 0 Å². The van der Waals surface area contributed by atoms with Crippen LogP contribution in [-0.4, -0.2) is 16.2 Å². The number of rotatable bonds is 2. The SMILES string of the molecule is Cc1cc(F)c(C)c(C(O)C(=O)O)c1F. The van der Waals surface area contributed by atoms with Gasteiger partial charge in [0.15, 0.2) is 6.10 Å². The zero-order valence-corrected chi connectivity index (χ0v) is 8.21. The Balaban J connectivity index is 3.45. The molecule has 82 valence electrons. The van der Waals surface area contributed by atoms with Gasteiger partial charge in [-0.3, -0.25) is 0 Å². The summed E-state index contributed by atoms with van der Waals surface area (Å²) < 4.78 is 26.6. The molecule has 0 aliphatic heterocycles. The van der Waals surface area contributed by atoms with Gasteiger partial charge >= 0.3 is 5.97 Å². The minimum Gasteiger partial charge on any atom is -0.479 e. The van der Waals surface area contributed by atoms with E-state index in [1.54, 1.807) is 0 Å². The number of aryl methyl sites for hydroxylation is 1. The molecule has 0 aliphatic carbocycles. The summed E-state index contributed by atoms with van der Waals surface area (Å²) in [5, 5.41) is 17.7. The number of aliphatic hydroxyl groups is 1. The van der Waals surface area contributed by atoms with Crippen LogP contribution in [0.4, 0.5) is 8.78 Å². The number of benzene rings is 1. The Hall–Kier alpha value is -1.49. The summed E-state index contributed by atoms with van der Waals surface area (Å²) in [6.45, 7) is 2.52. The molecule has 5 heteroatoms. The first kappa shape index (κ1) is 11.6. The summed E-state index contributed by atoms with van der Waals surface area (Å²) in [5.74, 6) is -3.23. The van der Waals surface area contributed by atoms with Gasteiger partial charge in [-0.1, -0.05) is 0 Å². The van der Waals surface area contributed by atoms with Crippen molar-refractivity contribution in [1.29, 1.82) is 0 Å². The van der Waals surface area contributed by atoms with Gasteiger partial charge in [0.2, 0.25) is 0 Å². The molecule has 1 aromatic rings. The Morgan fingerprint density at radius 1 is 1.40 bits per heavy atom. The highest BCUT2D eigenvalue weighted by molar-refractivity contribution is 5.74. The number of hydrogen-bond donors (Lipinski definition) is 2. The van der Waals surface area contributed by atoms with Crippen LogP contribution in [0.1, 0.15) is 22.8 Å². The minimum atomic E-state index is -2.04. The van der Waals surface area contributed by atoms with Crippen LogP contribution >= 0.6 is 0 Å². The number of carboxylic acid groups (broad SMARTS) is 1. The normalized spacial score (nSPS) is 12.6. The Bertz CT molecular complexity index is 389. The maximum atomic E-state index is 13.5. The van der Waals surface area contributed by atoms with Crippen molar-refractivity contribution >= 4 is 5.97 Å². The summed E-state index contributed by atoms with van der Waals surface area (Å²) in [6, 6.07) is 0.961. The van der Waals surface area contributed by atoms with Gasteiger partial charge in [-0.05, 0) is 31.0 Å². The Morgan fingerprint density at radius 2 is 1.93 bits per heavy atom. The summed E-state index contributed by atoms with van der Waals surface area (Å²) in [7, 11) is 0. The quantitative estimate of drug-likeness (QED) is 0.791. The third-order valence-corrected chi connectivity index (χ3v) is 2.20. The fourth-order valence-corrected chi connectivity index (χ4v) is 1.32. The summed E-state index contributed by atoms with van der Waals surface area (Å²) >= 11 is 0. The third kappa shape index (κ3) is 1.97. The molecule has 15 heavy (non-hydrogen) atoms. The number of carboxylic acids is 1. The number of carbonyl (C=O) groups is 1. The molecule has 0 amide bonds. The highest BCUT2D eigenvalue weighted by atomic mass is 19.1. The van der Waals surface area contributed by atoms with Crippen LogP contribution in [0.3, 0.4) is 0 Å². The molecular weight excluding hydrogens is 206 g/mol. The van der Waals surface area contributed by atoms with Gasteiger partial charge < -0.3 is 10.2 Å². The topological polar surface area (TPSA) is 57.5 Å². The van der Waals surface area contributed by atoms with E-state index in [0.29, 0.717) is 0 Å². The monoisotopic (exact) mass is 216 g/mol. The molecule has 0 radical (unpaired) electrons. The van der Waals surface area contributed by atoms with Gasteiger partial charge in [-0.2, -0.15) is 0 Å². The molecule has 1 rings (SSSR count). The van der Waals surface area contributed by atoms with Crippen LogP contribution in [0.2, 0.25) is 0 Å². The van der Waals surface area contributed by atoms with Crippen molar-refractivity contribution in [2.75, 3.05) is 0 Å². The molecule has 2 N–H and O–H groups in total. The predicted octanol–water partition coefficient (Wildman–Crippen LogP) is 1.70. The molecule has 0 aliphatic rings. The van der Waals surface area contributed by atoms with Crippen LogP contribution in [0, 0.1) is 25.5 Å². The van der Waals surface area contributed by atoms with E-state index >= 15 is 0 Å². The van der Waals surface area contributed by atoms with E-state index in [1.807, 2.05) is 0 Å². The van der Waals surface area contributed by atoms with Gasteiger partial charge in [0.1, 0.15) is 11.6 Å². The van der Waals surface area contributed by atoms with Crippen molar-refractivity contribution in [2.24, 2.45) is 0 Å². The van der Waals surface area contributed by atoms with Gasteiger partial charge in [-0.15, -0.1) is 0 Å². The zero-order valence-electron chi connectivity index (χ0n) is 8.21. The average Bonchev–Trinajstić information content (AvgIpc) is 2.15. The van der Waals surface area contributed by atoms with E-state index in [1.165, 1.54) is 13.8 Å². The van der Waals surface area contributed by atoms with Crippen molar-refractivity contribution in [3.63, 3.8) is 0 Å². The smallest absolute Gasteiger partial charge is 0.337 e. The number of aliphatic hydroxyl groups excluding tert-OH is 1. The van der Waals surface area contributed by atoms with Crippen molar-refractivity contribution in [2.45, 2.75) is 20.0 Å². The molecule has 0 aromatic heterocycles. The van der Waals surface area contributed by atoms with Crippen molar-refractivity contribution in [1.82, 2.24) is 0 Å². The highest BCUT2D eigenvalue weighted by Crippen LogP contribution is 2.26. The third-order valence-electron chi connectivity index (χ3n) is 2.20. The molecule has 0 fully saturated rings. The summed E-state index contributed by atoms with van der Waals surface area (Å²) in [6.07, 6.45) is -2.04. The molecule has 1 aromatic carbocycles. The lowest BCUT2D eigenvalue weighted by Gasteiger charge is -2.13. The van der Waals surface area contributed by atoms with Crippen molar-refractivity contribution in [3.05, 3.63) is 34.4 Å². The Morgan fingerprint density at radius 3 is 2.40 bits per heavy atom. The van der Waals surface area contributed by atoms with E-state index < -0.39 is 29.3 Å². The van der Waals surface area contributed by atoms with Gasteiger partial charge in [-0.25, -0.2) is 13.6 Å². The second-order valence-corrected chi connectivity index (χ2v) is 3.27. The zero-order chi connectivity index (χ0) is 11.7. The van der Waals surface area contributed by atoms with Gasteiger partial charge in [0.25, 0.3) is 0 Å². The van der Waals surface area contributed by atoms with E-state index in [-0.39, 0.29) is 11.1 Å². The first-order valence-electron chi connectivity index (χ1n) is 4.22. The molecular formula is C10H10F2O3. The van der Waals surface area contributed by atoms with E-state index in [2.05, 4.69) is 0 Å². The van der Waals surface area contributed by atoms with E-state index in [4.69, 9.17) is 5.11 Å². The van der Waals surface area contributed by atoms with E-state index in [0.717, 1.165) is 6.07 Å². The second kappa shape index (κ2) is 3.94. The first-order valence-corrected chi connectivity index (χ1v) is 4.22. The molecule has 1 atom stereocenters. The largest absolute Gasteiger partial charge is 0.479 e. The molecule has 0 spiro atoms. The fraction of sp³-hybridized carbons (Fsp3) is 0.300. The highest BCUT2D eigenvalue weighted by Gasteiger charge is 2.25. The van der Waals surface area contributed by atoms with Crippen molar-refractivity contribution in [3.8, 4) is 0 Å². The van der Waals surface area contributed by atoms with Crippen LogP contribution in [0.15, 0.2) is 6.07 Å². The maximum absolute atomic E-state index is 13.5. The number of aliphatic carboxylic acids is 1. The number of halogens is 2. The fourth-order valence-electron chi connectivity index (χ4n) is 1.32. The first-order chi connectivity index (χ1) is 6.86. The summed E-state index contributed by atoms with van der Waals surface area (Å²) in [5.41, 5.74) is -0.735. The lowest BCUT2D eigenvalue weighted by molar-refractivity contribution is -0.147. The lowest BCUT2D eigenvalue weighted by Crippen LogP contribution is -2.15. The molecule has 0 saturated carbocycles. The molecule has 1 unspecified atom stereocenters. The Kier molecular flexibility index (Phi) is 3.04. The van der Waals surface area contributed by atoms with Crippen molar-refractivity contribution < 1.29 is 23.8 Å². The minimum absolute atomic E-state index is 0.0339. The molecule has 3 nitrogen and oxygen atoms in total. The maximum Gasteiger partial charge on any atom is 0.337 e. The average molecular weight is 216 g/mol. The molecule has 0 heterocycles. The van der Waals surface area contributed by atoms with Gasteiger partial charge in [0, 0.05) is 5.56 Å². The predicted molar refractivity (Wildman–Crippen MR) is 48.4 cm³/mol. The summed E-state index contributed by atoms with van der Waals surface area (Å²) in [4.78, 5) is 10.5. The van der Waals surface area contributed by atoms with Crippen LogP contribution in [0.25, 0.3) is 0 Å². The standard InChI is InChI=1S/C10H10F2O3/c1-4-3-6(11)5(2)7(8(4)12)9(13)10(14)15/h3,9,13H,1-2H3,(H,14,15). The van der Waals surface area contributed by atoms with Crippen LogP contribution < -0.4 is 0 Å². The molecule has 0 bridgehead atoms. The van der Waals surface area contributed by atoms with Gasteiger partial charge in [0.05, 0.1) is 0 Å². The second-order valence-electron chi connectivity index (χ2n) is 3.27. The Labute approximate surface area is 85.0 Å². The van der Waals surface area contributed by atoms with Crippen LogP contribution in [-0.2, 0) is 4.79 Å². The van der Waals surface area contributed by atoms with E-state index in [9.17, 15) is 18.7 Å². The number of hydrogen-bond acceptors (Lipinski definition) is 2. The molecule has 0 saturated heterocycles.